The quantitative estimate of drug-likeness (QED) is 0.668. The Balaban J connectivity index is 1.69. The lowest BCUT2D eigenvalue weighted by Crippen LogP contribution is -2.38. The Morgan fingerprint density at radius 3 is 2.52 bits per heavy atom. The number of halogens is 3. The van der Waals surface area contributed by atoms with Crippen LogP contribution in [0, 0.1) is 0 Å². The van der Waals surface area contributed by atoms with Crippen molar-refractivity contribution in [3.63, 3.8) is 0 Å². The van der Waals surface area contributed by atoms with Gasteiger partial charge in [-0.05, 0) is 12.8 Å². The maximum Gasteiger partial charge on any atom is 0.411 e. The minimum atomic E-state index is -4.31. The van der Waals surface area contributed by atoms with Crippen LogP contribution in [0.3, 0.4) is 0 Å². The Morgan fingerprint density at radius 1 is 1.22 bits per heavy atom. The first-order valence-electron chi connectivity index (χ1n) is 7.89. The van der Waals surface area contributed by atoms with Crippen LogP contribution < -0.4 is 0 Å². The number of hydrogen-bond donors (Lipinski definition) is 0. The van der Waals surface area contributed by atoms with Gasteiger partial charge >= 0.3 is 6.18 Å². The smallest absolute Gasteiger partial charge is 0.373 e. The lowest BCUT2D eigenvalue weighted by molar-refractivity contribution is -0.208. The minimum absolute atomic E-state index is 0.0613. The predicted molar refractivity (Wildman–Crippen MR) is 78.0 cm³/mol. The molecule has 2 aliphatic rings. The zero-order valence-electron chi connectivity index (χ0n) is 13.2. The largest absolute Gasteiger partial charge is 0.411 e. The summed E-state index contributed by atoms with van der Waals surface area (Å²) in [5, 5.41) is 0. The van der Waals surface area contributed by atoms with E-state index >= 15 is 0 Å². The molecule has 0 amide bonds. The first-order chi connectivity index (χ1) is 11.0. The van der Waals surface area contributed by atoms with Crippen molar-refractivity contribution in [2.45, 2.75) is 50.9 Å². The number of unbranched alkanes of at least 4 members (excludes halogenated alkanes) is 1. The van der Waals surface area contributed by atoms with E-state index in [-0.39, 0.29) is 6.10 Å². The molecule has 0 aromatic rings. The third-order valence-corrected chi connectivity index (χ3v) is 3.54. The van der Waals surface area contributed by atoms with Crippen molar-refractivity contribution in [1.82, 2.24) is 0 Å². The van der Waals surface area contributed by atoms with Crippen LogP contribution in [-0.4, -0.2) is 51.1 Å². The van der Waals surface area contributed by atoms with Crippen LogP contribution in [0.2, 0.25) is 0 Å². The third-order valence-electron chi connectivity index (χ3n) is 3.54. The van der Waals surface area contributed by atoms with Crippen LogP contribution in [0.4, 0.5) is 13.2 Å². The maximum atomic E-state index is 12.1. The molecular weight excluding hydrogens is 313 g/mol. The molecule has 1 aliphatic carbocycles. The molecule has 1 atom stereocenters. The summed E-state index contributed by atoms with van der Waals surface area (Å²) in [4.78, 5) is 0. The highest BCUT2D eigenvalue weighted by molar-refractivity contribution is 5.27. The second-order valence-corrected chi connectivity index (χ2v) is 5.61. The first kappa shape index (κ1) is 18.4. The van der Waals surface area contributed by atoms with Gasteiger partial charge in [0.1, 0.15) is 12.7 Å². The van der Waals surface area contributed by atoms with Crippen LogP contribution >= 0.6 is 0 Å². The second-order valence-electron chi connectivity index (χ2n) is 5.61. The van der Waals surface area contributed by atoms with Crippen LogP contribution in [0.15, 0.2) is 23.8 Å². The SMILES string of the molecule is CCCCOC1COC(C2=CCC(OCC(F)(F)F)C=C2)OC1. The van der Waals surface area contributed by atoms with Gasteiger partial charge in [0, 0.05) is 12.2 Å². The summed E-state index contributed by atoms with van der Waals surface area (Å²) < 4.78 is 58.0. The van der Waals surface area contributed by atoms with E-state index in [1.165, 1.54) is 0 Å². The topological polar surface area (TPSA) is 36.9 Å². The van der Waals surface area contributed by atoms with Gasteiger partial charge in [0.2, 0.25) is 0 Å². The maximum absolute atomic E-state index is 12.1. The van der Waals surface area contributed by atoms with Crippen LogP contribution in [0.1, 0.15) is 26.2 Å². The van der Waals surface area contributed by atoms with Gasteiger partial charge in [0.05, 0.1) is 19.3 Å². The lowest BCUT2D eigenvalue weighted by Gasteiger charge is -2.31. The molecule has 0 aromatic carbocycles. The summed E-state index contributed by atoms with van der Waals surface area (Å²) in [5.41, 5.74) is 0.809. The molecule has 2 rings (SSSR count). The van der Waals surface area contributed by atoms with Gasteiger partial charge in [-0.2, -0.15) is 13.2 Å². The molecule has 1 saturated heterocycles. The lowest BCUT2D eigenvalue weighted by atomic mass is 10.0. The Bertz CT molecular complexity index is 412. The van der Waals surface area contributed by atoms with Gasteiger partial charge in [-0.25, -0.2) is 0 Å². The van der Waals surface area contributed by atoms with E-state index in [1.807, 2.05) is 0 Å². The van der Waals surface area contributed by atoms with E-state index < -0.39 is 25.2 Å². The molecule has 7 heteroatoms. The van der Waals surface area contributed by atoms with Gasteiger partial charge in [-0.15, -0.1) is 0 Å². The van der Waals surface area contributed by atoms with E-state index in [0.717, 1.165) is 18.4 Å². The molecule has 1 unspecified atom stereocenters. The number of ether oxygens (including phenoxy) is 4. The van der Waals surface area contributed by atoms with Gasteiger partial charge in [0.15, 0.2) is 6.29 Å². The third kappa shape index (κ3) is 6.63. The van der Waals surface area contributed by atoms with Crippen LogP contribution in [0.5, 0.6) is 0 Å². The summed E-state index contributed by atoms with van der Waals surface area (Å²) in [6.07, 6.45) is 2.15. The van der Waals surface area contributed by atoms with Crippen molar-refractivity contribution in [3.05, 3.63) is 23.8 Å². The van der Waals surface area contributed by atoms with Crippen molar-refractivity contribution < 1.29 is 32.1 Å². The van der Waals surface area contributed by atoms with E-state index in [4.69, 9.17) is 18.9 Å². The Hall–Kier alpha value is -0.890. The van der Waals surface area contributed by atoms with Crippen LogP contribution in [-0.2, 0) is 18.9 Å². The van der Waals surface area contributed by atoms with Gasteiger partial charge in [-0.3, -0.25) is 0 Å². The summed E-state index contributed by atoms with van der Waals surface area (Å²) in [6, 6.07) is 0. The minimum Gasteiger partial charge on any atom is -0.373 e. The molecule has 23 heavy (non-hydrogen) atoms. The molecule has 0 aromatic heterocycles. The van der Waals surface area contributed by atoms with Crippen LogP contribution in [0.25, 0.3) is 0 Å². The summed E-state index contributed by atoms with van der Waals surface area (Å²) in [5.74, 6) is 0. The first-order valence-corrected chi connectivity index (χ1v) is 7.89. The van der Waals surface area contributed by atoms with Crippen molar-refractivity contribution >= 4 is 0 Å². The number of rotatable bonds is 7. The molecular formula is C16H23F3O4. The van der Waals surface area contributed by atoms with Crippen molar-refractivity contribution in [2.24, 2.45) is 0 Å². The normalized spacial score (nSPS) is 28.7. The van der Waals surface area contributed by atoms with Gasteiger partial charge in [-0.1, -0.05) is 31.6 Å². The highest BCUT2D eigenvalue weighted by Gasteiger charge is 2.30. The predicted octanol–water partition coefficient (Wildman–Crippen LogP) is 3.38. The molecule has 0 radical (unpaired) electrons. The van der Waals surface area contributed by atoms with Gasteiger partial charge < -0.3 is 18.9 Å². The summed E-state index contributed by atoms with van der Waals surface area (Å²) in [6.45, 7) is 2.46. The Labute approximate surface area is 134 Å². The van der Waals surface area contributed by atoms with E-state index in [0.29, 0.717) is 26.2 Å². The number of alkyl halides is 3. The molecule has 0 spiro atoms. The fourth-order valence-electron chi connectivity index (χ4n) is 2.29. The monoisotopic (exact) mass is 336 g/mol. The second kappa shape index (κ2) is 8.82. The zero-order chi connectivity index (χ0) is 16.7. The summed E-state index contributed by atoms with van der Waals surface area (Å²) in [7, 11) is 0. The van der Waals surface area contributed by atoms with E-state index in [2.05, 4.69) is 6.92 Å². The molecule has 0 saturated carbocycles. The highest BCUT2D eigenvalue weighted by Crippen LogP contribution is 2.23. The summed E-state index contributed by atoms with van der Waals surface area (Å²) >= 11 is 0. The van der Waals surface area contributed by atoms with E-state index in [9.17, 15) is 13.2 Å². The van der Waals surface area contributed by atoms with Crippen molar-refractivity contribution in [3.8, 4) is 0 Å². The molecule has 1 aliphatic heterocycles. The molecule has 132 valence electrons. The van der Waals surface area contributed by atoms with Crippen molar-refractivity contribution in [2.75, 3.05) is 26.4 Å². The standard InChI is InChI=1S/C16H23F3O4/c1-2-3-8-20-14-9-21-15(22-10-14)12-4-6-13(7-5-12)23-11-16(17,18)19/h4-6,13-15H,2-3,7-11H2,1H3. The molecule has 1 heterocycles. The van der Waals surface area contributed by atoms with Gasteiger partial charge in [0.25, 0.3) is 0 Å². The molecule has 0 N–H and O–H groups in total. The number of hydrogen-bond acceptors (Lipinski definition) is 4. The zero-order valence-corrected chi connectivity index (χ0v) is 13.2. The molecule has 1 fully saturated rings. The fraction of sp³-hybridized carbons (Fsp3) is 0.750. The van der Waals surface area contributed by atoms with E-state index in [1.54, 1.807) is 18.2 Å². The Kier molecular flexibility index (Phi) is 7.08. The van der Waals surface area contributed by atoms with Crippen molar-refractivity contribution in [1.29, 1.82) is 0 Å². The highest BCUT2D eigenvalue weighted by atomic mass is 19.4. The average Bonchev–Trinajstić information content (AvgIpc) is 2.54. The average molecular weight is 336 g/mol. The fourth-order valence-corrected chi connectivity index (χ4v) is 2.29. The molecule has 0 bridgehead atoms. The molecule has 4 nitrogen and oxygen atoms in total. The Morgan fingerprint density at radius 2 is 1.96 bits per heavy atom.